The number of aliphatic hydroxyl groups is 1. The first-order valence-electron chi connectivity index (χ1n) is 7.21. The fourth-order valence-corrected chi connectivity index (χ4v) is 1.47. The third-order valence-electron chi connectivity index (χ3n) is 3.46. The molecule has 7 heteroatoms. The van der Waals surface area contributed by atoms with Gasteiger partial charge in [0.1, 0.15) is 19.3 Å². The second kappa shape index (κ2) is 7.82. The highest BCUT2D eigenvalue weighted by Crippen LogP contribution is 2.25. The van der Waals surface area contributed by atoms with Crippen molar-refractivity contribution in [1.29, 1.82) is 0 Å². The maximum atomic E-state index is 11.7. The SMILES string of the molecule is CCC(C)(C)C(=O)OCC(O)COC(=O)c1ccc(O)c(O)c1. The van der Waals surface area contributed by atoms with E-state index in [0.29, 0.717) is 6.42 Å². The van der Waals surface area contributed by atoms with Crippen LogP contribution in [0.15, 0.2) is 18.2 Å². The highest BCUT2D eigenvalue weighted by atomic mass is 16.6. The predicted molar refractivity (Wildman–Crippen MR) is 81.1 cm³/mol. The summed E-state index contributed by atoms with van der Waals surface area (Å²) in [5.74, 6) is -2.02. The molecule has 0 saturated carbocycles. The van der Waals surface area contributed by atoms with E-state index < -0.39 is 29.2 Å². The van der Waals surface area contributed by atoms with Crippen molar-refractivity contribution in [2.24, 2.45) is 5.41 Å². The normalized spacial score (nSPS) is 12.5. The Morgan fingerprint density at radius 1 is 1.13 bits per heavy atom. The number of ether oxygens (including phenoxy) is 2. The van der Waals surface area contributed by atoms with Crippen LogP contribution in [-0.4, -0.2) is 46.6 Å². The summed E-state index contributed by atoms with van der Waals surface area (Å²) >= 11 is 0. The summed E-state index contributed by atoms with van der Waals surface area (Å²) in [5, 5.41) is 28.2. The van der Waals surface area contributed by atoms with Gasteiger partial charge in [0.15, 0.2) is 11.5 Å². The smallest absolute Gasteiger partial charge is 0.338 e. The summed E-state index contributed by atoms with van der Waals surface area (Å²) in [7, 11) is 0. The molecular formula is C16H22O7. The zero-order valence-electron chi connectivity index (χ0n) is 13.4. The summed E-state index contributed by atoms with van der Waals surface area (Å²) in [5.41, 5.74) is -0.614. The molecule has 128 valence electrons. The van der Waals surface area contributed by atoms with Crippen molar-refractivity contribution in [3.05, 3.63) is 23.8 Å². The number of rotatable bonds is 7. The first-order valence-corrected chi connectivity index (χ1v) is 7.21. The average molecular weight is 326 g/mol. The van der Waals surface area contributed by atoms with Crippen LogP contribution in [0.5, 0.6) is 11.5 Å². The van der Waals surface area contributed by atoms with Crippen LogP contribution in [-0.2, 0) is 14.3 Å². The monoisotopic (exact) mass is 326 g/mol. The van der Waals surface area contributed by atoms with Gasteiger partial charge in [-0.25, -0.2) is 4.79 Å². The van der Waals surface area contributed by atoms with Gasteiger partial charge in [0.25, 0.3) is 0 Å². The lowest BCUT2D eigenvalue weighted by Gasteiger charge is -2.21. The lowest BCUT2D eigenvalue weighted by Crippen LogP contribution is -2.31. The fourth-order valence-electron chi connectivity index (χ4n) is 1.47. The minimum absolute atomic E-state index is 0.0246. The molecule has 3 N–H and O–H groups in total. The van der Waals surface area contributed by atoms with Gasteiger partial charge in [-0.15, -0.1) is 0 Å². The number of hydrogen-bond donors (Lipinski definition) is 3. The minimum atomic E-state index is -1.15. The van der Waals surface area contributed by atoms with Gasteiger partial charge in [0.2, 0.25) is 0 Å². The van der Waals surface area contributed by atoms with Crippen LogP contribution in [0.4, 0.5) is 0 Å². The van der Waals surface area contributed by atoms with E-state index in [-0.39, 0.29) is 24.5 Å². The number of aliphatic hydroxyl groups excluding tert-OH is 1. The van der Waals surface area contributed by atoms with Crippen molar-refractivity contribution in [2.75, 3.05) is 13.2 Å². The molecule has 1 atom stereocenters. The molecule has 1 aromatic carbocycles. The quantitative estimate of drug-likeness (QED) is 0.515. The topological polar surface area (TPSA) is 113 Å². The van der Waals surface area contributed by atoms with Crippen molar-refractivity contribution >= 4 is 11.9 Å². The Morgan fingerprint density at radius 2 is 1.74 bits per heavy atom. The third kappa shape index (κ3) is 5.45. The summed E-state index contributed by atoms with van der Waals surface area (Å²) in [4.78, 5) is 23.5. The van der Waals surface area contributed by atoms with E-state index in [2.05, 4.69) is 0 Å². The Hall–Kier alpha value is -2.28. The first-order chi connectivity index (χ1) is 10.7. The zero-order valence-corrected chi connectivity index (χ0v) is 13.4. The minimum Gasteiger partial charge on any atom is -0.504 e. The van der Waals surface area contributed by atoms with Gasteiger partial charge in [-0.1, -0.05) is 6.92 Å². The molecule has 0 aromatic heterocycles. The number of phenols is 2. The van der Waals surface area contributed by atoms with E-state index in [4.69, 9.17) is 14.6 Å². The largest absolute Gasteiger partial charge is 0.504 e. The number of benzene rings is 1. The van der Waals surface area contributed by atoms with Gasteiger partial charge in [0.05, 0.1) is 11.0 Å². The van der Waals surface area contributed by atoms with Crippen molar-refractivity contribution in [2.45, 2.75) is 33.3 Å². The molecule has 1 unspecified atom stereocenters. The van der Waals surface area contributed by atoms with Crippen LogP contribution in [0.2, 0.25) is 0 Å². The molecule has 0 aliphatic heterocycles. The number of carbonyl (C=O) groups is 2. The Bertz CT molecular complexity index is 566. The van der Waals surface area contributed by atoms with Crippen LogP contribution in [0.25, 0.3) is 0 Å². The number of carbonyl (C=O) groups excluding carboxylic acids is 2. The second-order valence-corrected chi connectivity index (χ2v) is 5.79. The molecular weight excluding hydrogens is 304 g/mol. The van der Waals surface area contributed by atoms with Gasteiger partial charge >= 0.3 is 11.9 Å². The fraction of sp³-hybridized carbons (Fsp3) is 0.500. The van der Waals surface area contributed by atoms with E-state index in [1.165, 1.54) is 6.07 Å². The molecule has 1 aromatic rings. The molecule has 0 aliphatic rings. The van der Waals surface area contributed by atoms with E-state index in [1.807, 2.05) is 6.92 Å². The molecule has 7 nitrogen and oxygen atoms in total. The molecule has 0 amide bonds. The van der Waals surface area contributed by atoms with Crippen LogP contribution in [0.3, 0.4) is 0 Å². The molecule has 0 heterocycles. The van der Waals surface area contributed by atoms with E-state index >= 15 is 0 Å². The van der Waals surface area contributed by atoms with Crippen molar-refractivity contribution < 1.29 is 34.4 Å². The van der Waals surface area contributed by atoms with E-state index in [9.17, 15) is 19.8 Å². The zero-order chi connectivity index (χ0) is 17.6. The second-order valence-electron chi connectivity index (χ2n) is 5.79. The molecule has 0 fully saturated rings. The lowest BCUT2D eigenvalue weighted by molar-refractivity contribution is -0.157. The lowest BCUT2D eigenvalue weighted by atomic mass is 9.91. The standard InChI is InChI=1S/C16H22O7/c1-4-16(2,3)15(21)23-9-11(17)8-22-14(20)10-5-6-12(18)13(19)7-10/h5-7,11,17-19H,4,8-9H2,1-3H3. The average Bonchev–Trinajstić information content (AvgIpc) is 2.52. The van der Waals surface area contributed by atoms with Crippen LogP contribution < -0.4 is 0 Å². The summed E-state index contributed by atoms with van der Waals surface area (Å²) in [6, 6.07) is 3.47. The van der Waals surface area contributed by atoms with Crippen LogP contribution in [0.1, 0.15) is 37.6 Å². The summed E-state index contributed by atoms with van der Waals surface area (Å²) < 4.78 is 9.84. The van der Waals surface area contributed by atoms with E-state index in [1.54, 1.807) is 13.8 Å². The van der Waals surface area contributed by atoms with Gasteiger partial charge in [-0.2, -0.15) is 0 Å². The summed E-state index contributed by atoms with van der Waals surface area (Å²) in [6.07, 6.45) is -0.553. The highest BCUT2D eigenvalue weighted by molar-refractivity contribution is 5.90. The molecule has 0 bridgehead atoms. The number of esters is 2. The molecule has 1 rings (SSSR count). The van der Waals surface area contributed by atoms with Gasteiger partial charge in [-0.3, -0.25) is 4.79 Å². The first kappa shape index (κ1) is 18.8. The third-order valence-corrected chi connectivity index (χ3v) is 3.46. The number of hydrogen-bond acceptors (Lipinski definition) is 7. The number of phenolic OH excluding ortho intramolecular Hbond substituents is 2. The summed E-state index contributed by atoms with van der Waals surface area (Å²) in [6.45, 7) is 4.68. The maximum Gasteiger partial charge on any atom is 0.338 e. The maximum absolute atomic E-state index is 11.7. The molecule has 23 heavy (non-hydrogen) atoms. The Kier molecular flexibility index (Phi) is 6.38. The molecule has 0 saturated heterocycles. The Morgan fingerprint density at radius 3 is 2.30 bits per heavy atom. The van der Waals surface area contributed by atoms with Gasteiger partial charge < -0.3 is 24.8 Å². The van der Waals surface area contributed by atoms with Crippen molar-refractivity contribution in [1.82, 2.24) is 0 Å². The van der Waals surface area contributed by atoms with Crippen molar-refractivity contribution in [3.8, 4) is 11.5 Å². The molecule has 0 aliphatic carbocycles. The van der Waals surface area contributed by atoms with Gasteiger partial charge in [0, 0.05) is 0 Å². The molecule has 0 spiro atoms. The molecule has 0 radical (unpaired) electrons. The van der Waals surface area contributed by atoms with Crippen molar-refractivity contribution in [3.63, 3.8) is 0 Å². The Balaban J connectivity index is 2.44. The van der Waals surface area contributed by atoms with Crippen LogP contribution in [0, 0.1) is 5.41 Å². The Labute approximate surface area is 134 Å². The van der Waals surface area contributed by atoms with Gasteiger partial charge in [-0.05, 0) is 38.5 Å². The predicted octanol–water partition coefficient (Wildman–Crippen LogP) is 1.59. The number of aromatic hydroxyl groups is 2. The highest BCUT2D eigenvalue weighted by Gasteiger charge is 2.27. The van der Waals surface area contributed by atoms with Crippen LogP contribution >= 0.6 is 0 Å². The van der Waals surface area contributed by atoms with E-state index in [0.717, 1.165) is 12.1 Å².